The average molecular weight is 475 g/mol. The van der Waals surface area contributed by atoms with E-state index in [0.29, 0.717) is 47.9 Å². The highest BCUT2D eigenvalue weighted by Crippen LogP contribution is 2.34. The molecule has 5 rings (SSSR count). The molecule has 1 N–H and O–H groups in total. The molecule has 1 amide bonds. The summed E-state index contributed by atoms with van der Waals surface area (Å²) in [5.74, 6) is 0.219. The van der Waals surface area contributed by atoms with Crippen LogP contribution < -0.4 is 14.8 Å². The van der Waals surface area contributed by atoms with Gasteiger partial charge in [-0.1, -0.05) is 37.3 Å². The van der Waals surface area contributed by atoms with E-state index in [1.807, 2.05) is 36.4 Å². The molecule has 1 atom stereocenters. The second kappa shape index (κ2) is 9.52. The van der Waals surface area contributed by atoms with Crippen molar-refractivity contribution in [2.24, 2.45) is 0 Å². The molecule has 0 radical (unpaired) electrons. The highest BCUT2D eigenvalue weighted by atomic mass is 32.1. The van der Waals surface area contributed by atoms with Gasteiger partial charge in [-0.3, -0.25) is 4.79 Å². The first-order valence-corrected chi connectivity index (χ1v) is 11.8. The zero-order chi connectivity index (χ0) is 23.5. The van der Waals surface area contributed by atoms with Gasteiger partial charge in [0.25, 0.3) is 5.91 Å². The van der Waals surface area contributed by atoms with Crippen molar-refractivity contribution in [3.05, 3.63) is 72.3 Å². The van der Waals surface area contributed by atoms with Gasteiger partial charge in [0.05, 0.1) is 15.8 Å². The summed E-state index contributed by atoms with van der Waals surface area (Å²) < 4.78 is 17.7. The highest BCUT2D eigenvalue weighted by Gasteiger charge is 2.25. The first-order chi connectivity index (χ1) is 16.6. The topological polar surface area (TPSA) is 86.8 Å². The van der Waals surface area contributed by atoms with Crippen molar-refractivity contribution in [3.63, 3.8) is 0 Å². The molecule has 7 nitrogen and oxygen atoms in total. The van der Waals surface area contributed by atoms with Crippen LogP contribution in [-0.2, 0) is 9.53 Å². The molecule has 0 saturated heterocycles. The summed E-state index contributed by atoms with van der Waals surface area (Å²) in [6, 6.07) is 20.1. The molecular weight excluding hydrogens is 452 g/mol. The number of nitrogens with zero attached hydrogens (tertiary/aromatic N) is 1. The van der Waals surface area contributed by atoms with Crippen LogP contribution in [0.15, 0.2) is 66.7 Å². The molecule has 1 aliphatic heterocycles. The quantitative estimate of drug-likeness (QED) is 0.381. The fraction of sp³-hybridized carbons (Fsp3) is 0.192. The van der Waals surface area contributed by atoms with E-state index < -0.39 is 18.0 Å². The number of fused-ring (bicyclic) bond motifs is 2. The van der Waals surface area contributed by atoms with Gasteiger partial charge < -0.3 is 19.5 Å². The number of para-hydroxylation sites is 1. The zero-order valence-corrected chi connectivity index (χ0v) is 19.3. The number of carbonyl (C=O) groups is 2. The average Bonchev–Trinajstić information content (AvgIpc) is 3.31. The summed E-state index contributed by atoms with van der Waals surface area (Å²) in [5, 5.41) is 3.53. The van der Waals surface area contributed by atoms with Crippen LogP contribution in [-0.4, -0.2) is 36.2 Å². The minimum absolute atomic E-state index is 0.325. The molecule has 0 fully saturated rings. The number of carbonyl (C=O) groups excluding carboxylic acids is 2. The molecule has 0 spiro atoms. The fourth-order valence-electron chi connectivity index (χ4n) is 3.69. The lowest BCUT2D eigenvalue weighted by Crippen LogP contribution is -2.32. The number of aromatic nitrogens is 1. The molecule has 34 heavy (non-hydrogen) atoms. The minimum atomic E-state index is -0.955. The van der Waals surface area contributed by atoms with Crippen LogP contribution in [0.2, 0.25) is 0 Å². The lowest BCUT2D eigenvalue weighted by molar-refractivity contribution is -0.124. The van der Waals surface area contributed by atoms with Crippen molar-refractivity contribution in [2.45, 2.75) is 19.4 Å². The molecule has 3 aromatic carbocycles. The molecule has 1 aromatic heterocycles. The molecule has 8 heteroatoms. The van der Waals surface area contributed by atoms with Gasteiger partial charge in [0, 0.05) is 17.3 Å². The molecule has 0 bridgehead atoms. The van der Waals surface area contributed by atoms with E-state index in [1.165, 1.54) is 11.3 Å². The van der Waals surface area contributed by atoms with Crippen molar-refractivity contribution in [3.8, 4) is 22.1 Å². The van der Waals surface area contributed by atoms with E-state index in [-0.39, 0.29) is 0 Å². The first kappa shape index (κ1) is 21.9. The molecule has 0 saturated carbocycles. The Balaban J connectivity index is 1.33. The molecule has 0 aliphatic carbocycles. The van der Waals surface area contributed by atoms with Crippen molar-refractivity contribution in [1.82, 2.24) is 4.98 Å². The third-order valence-corrected chi connectivity index (χ3v) is 6.46. The Hall–Kier alpha value is -3.91. The number of hydrogen-bond donors (Lipinski definition) is 1. The summed E-state index contributed by atoms with van der Waals surface area (Å²) in [5.41, 5.74) is 2.46. The summed E-state index contributed by atoms with van der Waals surface area (Å²) in [6.45, 7) is 2.74. The van der Waals surface area contributed by atoms with E-state index in [2.05, 4.69) is 10.3 Å². The zero-order valence-electron chi connectivity index (χ0n) is 18.4. The van der Waals surface area contributed by atoms with E-state index in [4.69, 9.17) is 14.2 Å². The second-order valence-corrected chi connectivity index (χ2v) is 8.71. The number of nitrogens with one attached hydrogen (secondary N) is 1. The summed E-state index contributed by atoms with van der Waals surface area (Å²) in [4.78, 5) is 30.7. The molecule has 4 aromatic rings. The summed E-state index contributed by atoms with van der Waals surface area (Å²) >= 11 is 1.51. The van der Waals surface area contributed by atoms with Crippen molar-refractivity contribution < 1.29 is 23.8 Å². The number of esters is 1. The van der Waals surface area contributed by atoms with Gasteiger partial charge >= 0.3 is 5.97 Å². The van der Waals surface area contributed by atoms with Gasteiger partial charge in [-0.25, -0.2) is 9.78 Å². The Labute approximate surface area is 200 Å². The standard InChI is InChI=1S/C26H22N2O5S/c1-2-20(24(29)27-16-11-12-21-22(15-16)32-14-13-31-21)33-26(30)18-8-4-3-7-17(18)25-28-19-9-5-6-10-23(19)34-25/h3-12,15,20H,2,13-14H2,1H3,(H,27,29). The number of hydrogen-bond acceptors (Lipinski definition) is 7. The summed E-state index contributed by atoms with van der Waals surface area (Å²) in [6.07, 6.45) is -0.630. The van der Waals surface area contributed by atoms with E-state index in [9.17, 15) is 9.59 Å². The number of rotatable bonds is 6. The van der Waals surface area contributed by atoms with Crippen LogP contribution in [0, 0.1) is 0 Å². The molecular formula is C26H22N2O5S. The third-order valence-electron chi connectivity index (χ3n) is 5.39. The van der Waals surface area contributed by atoms with Gasteiger partial charge in [0.1, 0.15) is 18.2 Å². The Morgan fingerprint density at radius 2 is 1.79 bits per heavy atom. The Morgan fingerprint density at radius 1 is 1.03 bits per heavy atom. The SMILES string of the molecule is CCC(OC(=O)c1ccccc1-c1nc2ccccc2s1)C(=O)Nc1ccc2c(c1)OCCO2. The molecule has 1 aliphatic rings. The number of thiazole rings is 1. The number of amides is 1. The van der Waals surface area contributed by atoms with Crippen LogP contribution >= 0.6 is 11.3 Å². The predicted molar refractivity (Wildman–Crippen MR) is 131 cm³/mol. The van der Waals surface area contributed by atoms with Crippen molar-refractivity contribution >= 4 is 39.1 Å². The van der Waals surface area contributed by atoms with Crippen molar-refractivity contribution in [1.29, 1.82) is 0 Å². The smallest absolute Gasteiger partial charge is 0.339 e. The highest BCUT2D eigenvalue weighted by molar-refractivity contribution is 7.21. The minimum Gasteiger partial charge on any atom is -0.486 e. The lowest BCUT2D eigenvalue weighted by Gasteiger charge is -2.20. The molecule has 172 valence electrons. The number of anilines is 1. The van der Waals surface area contributed by atoms with Gasteiger partial charge in [-0.15, -0.1) is 11.3 Å². The Kier molecular flexibility index (Phi) is 6.14. The van der Waals surface area contributed by atoms with E-state index in [1.54, 1.807) is 37.3 Å². The van der Waals surface area contributed by atoms with Gasteiger partial charge in [0.15, 0.2) is 17.6 Å². The fourth-order valence-corrected chi connectivity index (χ4v) is 4.70. The maximum atomic E-state index is 13.1. The van der Waals surface area contributed by atoms with Gasteiger partial charge in [-0.2, -0.15) is 0 Å². The number of ether oxygens (including phenoxy) is 3. The van der Waals surface area contributed by atoms with Crippen molar-refractivity contribution in [2.75, 3.05) is 18.5 Å². The maximum absolute atomic E-state index is 13.1. The van der Waals surface area contributed by atoms with E-state index >= 15 is 0 Å². The maximum Gasteiger partial charge on any atom is 0.339 e. The van der Waals surface area contributed by atoms with E-state index in [0.717, 1.165) is 15.2 Å². The van der Waals surface area contributed by atoms with Crippen LogP contribution in [0.25, 0.3) is 20.8 Å². The monoisotopic (exact) mass is 474 g/mol. The van der Waals surface area contributed by atoms with Gasteiger partial charge in [0.2, 0.25) is 0 Å². The Bertz CT molecular complexity index is 1330. The molecule has 2 heterocycles. The third kappa shape index (κ3) is 4.45. The van der Waals surface area contributed by atoms with Crippen LogP contribution in [0.5, 0.6) is 11.5 Å². The van der Waals surface area contributed by atoms with Gasteiger partial charge in [-0.05, 0) is 36.8 Å². The van der Waals surface area contributed by atoms with Crippen LogP contribution in [0.3, 0.4) is 0 Å². The largest absolute Gasteiger partial charge is 0.486 e. The lowest BCUT2D eigenvalue weighted by atomic mass is 10.1. The number of benzene rings is 3. The normalized spacial score (nSPS) is 13.3. The second-order valence-electron chi connectivity index (χ2n) is 7.68. The van der Waals surface area contributed by atoms with Crippen LogP contribution in [0.1, 0.15) is 23.7 Å². The van der Waals surface area contributed by atoms with Crippen LogP contribution in [0.4, 0.5) is 5.69 Å². The molecule has 1 unspecified atom stereocenters. The first-order valence-electron chi connectivity index (χ1n) is 11.0. The predicted octanol–water partition coefficient (Wildman–Crippen LogP) is 5.31. The summed E-state index contributed by atoms with van der Waals surface area (Å²) in [7, 11) is 0. The Morgan fingerprint density at radius 3 is 2.62 bits per heavy atom.